The van der Waals surface area contributed by atoms with E-state index >= 15 is 0 Å². The number of rotatable bonds is 6. The van der Waals surface area contributed by atoms with Crippen molar-refractivity contribution in [2.45, 2.75) is 32.8 Å². The molecule has 0 radical (unpaired) electrons. The summed E-state index contributed by atoms with van der Waals surface area (Å²) in [5.41, 5.74) is 18.0. The molecular weight excluding hydrogens is 850 g/mol. The molecule has 3 aromatic heterocycles. The van der Waals surface area contributed by atoms with Gasteiger partial charge in [-0.25, -0.2) is 9.78 Å². The monoisotopic (exact) mass is 887 g/mol. The number of nitrogens with one attached hydrogen (secondary N) is 2. The molecule has 0 amide bonds. The van der Waals surface area contributed by atoms with Crippen LogP contribution in [-0.2, 0) is 4.84 Å². The molecule has 0 saturated heterocycles. The van der Waals surface area contributed by atoms with E-state index in [0.717, 1.165) is 94.7 Å². The predicted octanol–water partition coefficient (Wildman–Crippen LogP) is 14.3. The van der Waals surface area contributed by atoms with E-state index in [2.05, 4.69) is 122 Å². The smallest absolute Gasteiger partial charge is 0.335 e. The van der Waals surface area contributed by atoms with Gasteiger partial charge in [-0.15, -0.1) is 0 Å². The number of carbonyl (C=O) groups is 1. The average Bonchev–Trinajstić information content (AvgIpc) is 4.17. The quantitative estimate of drug-likeness (QED) is 0.154. The van der Waals surface area contributed by atoms with Crippen LogP contribution in [0.15, 0.2) is 145 Å². The minimum absolute atomic E-state index is 0.191. The minimum Gasteiger partial charge on any atom is -0.478 e. The van der Waals surface area contributed by atoms with Crippen LogP contribution >= 0.6 is 23.2 Å². The first kappa shape index (κ1) is 40.3. The molecule has 316 valence electrons. The standard InChI is InChI=1S/C55H39Cl2N5O3/c1-29-7-13-32(14-8-29)45-39-23-24-40(58-39)46(33-19-21-36(22-20-33)55(63)64)42-25-27-43(59-42)47(34-15-9-30(2)10-16-34)51-50-52(49-37(56)5-4-6-38(49)57)62-65-54(50)53(61-51)48(44-28-26-41(45)60-44)35-17-11-31(3)12-18-35/h4-28,50,54,59-60H,1-3H3,(H,63,64). The predicted molar refractivity (Wildman–Crippen MR) is 262 cm³/mol. The Morgan fingerprint density at radius 2 is 0.938 bits per heavy atom. The van der Waals surface area contributed by atoms with Crippen LogP contribution in [0.2, 0.25) is 10.0 Å². The number of aryl methyl sites for hydroxylation is 3. The first-order valence-corrected chi connectivity index (χ1v) is 22.1. The zero-order valence-electron chi connectivity index (χ0n) is 35.4. The van der Waals surface area contributed by atoms with Gasteiger partial charge in [0.25, 0.3) is 0 Å². The molecule has 0 saturated carbocycles. The van der Waals surface area contributed by atoms with Gasteiger partial charge in [0.15, 0.2) is 6.10 Å². The molecule has 3 aliphatic heterocycles. The lowest BCUT2D eigenvalue weighted by Gasteiger charge is -2.16. The Bertz CT molecular complexity index is 3460. The summed E-state index contributed by atoms with van der Waals surface area (Å²) in [5.74, 6) is -1.53. The van der Waals surface area contributed by atoms with E-state index in [-0.39, 0.29) is 5.56 Å². The number of benzene rings is 5. The summed E-state index contributed by atoms with van der Waals surface area (Å²) in [6.07, 6.45) is 3.42. The number of nitrogens with zero attached hydrogens (tertiary/aromatic N) is 3. The topological polar surface area (TPSA) is 116 Å². The molecule has 65 heavy (non-hydrogen) atoms. The third kappa shape index (κ3) is 7.02. The van der Waals surface area contributed by atoms with Gasteiger partial charge in [0.1, 0.15) is 5.71 Å². The van der Waals surface area contributed by atoms with Crippen molar-refractivity contribution < 1.29 is 14.7 Å². The molecule has 8 bridgehead atoms. The van der Waals surface area contributed by atoms with E-state index in [4.69, 9.17) is 43.2 Å². The maximum atomic E-state index is 12.0. The summed E-state index contributed by atoms with van der Waals surface area (Å²) in [6.45, 7) is 6.22. The molecule has 2 atom stereocenters. The number of aromatic nitrogens is 4. The minimum atomic E-state index is -0.998. The van der Waals surface area contributed by atoms with E-state index < -0.39 is 18.0 Å². The van der Waals surface area contributed by atoms with Gasteiger partial charge in [0, 0.05) is 49.9 Å². The Labute approximate surface area is 384 Å². The van der Waals surface area contributed by atoms with E-state index in [1.807, 2.05) is 48.6 Å². The number of carboxylic acids is 1. The molecule has 0 aliphatic carbocycles. The highest BCUT2D eigenvalue weighted by atomic mass is 35.5. The zero-order valence-corrected chi connectivity index (χ0v) is 37.0. The Balaban J connectivity index is 1.33. The van der Waals surface area contributed by atoms with Gasteiger partial charge in [-0.1, -0.05) is 136 Å². The number of aromatic amines is 2. The van der Waals surface area contributed by atoms with Crippen LogP contribution < -0.4 is 0 Å². The number of halogens is 2. The molecule has 3 N–H and O–H groups in total. The average molecular weight is 889 g/mol. The number of carboxylic acid groups (broad SMARTS) is 1. The van der Waals surface area contributed by atoms with Crippen LogP contribution in [0.5, 0.6) is 0 Å². The Morgan fingerprint density at radius 3 is 1.40 bits per heavy atom. The van der Waals surface area contributed by atoms with Crippen molar-refractivity contribution in [3.8, 4) is 44.5 Å². The van der Waals surface area contributed by atoms with Crippen LogP contribution in [0.1, 0.15) is 67.4 Å². The summed E-state index contributed by atoms with van der Waals surface area (Å²) in [7, 11) is 0. The van der Waals surface area contributed by atoms with Crippen LogP contribution in [-0.4, -0.2) is 36.7 Å². The largest absolute Gasteiger partial charge is 0.478 e. The third-order valence-electron chi connectivity index (χ3n) is 12.4. The number of hydrogen-bond donors (Lipinski definition) is 3. The van der Waals surface area contributed by atoms with Gasteiger partial charge in [-0.2, -0.15) is 0 Å². The Kier molecular flexibility index (Phi) is 9.87. The van der Waals surface area contributed by atoms with Crippen LogP contribution in [0.3, 0.4) is 0 Å². The highest BCUT2D eigenvalue weighted by molar-refractivity contribution is 6.40. The first-order valence-electron chi connectivity index (χ1n) is 21.3. The Hall–Kier alpha value is -7.52. The first-order chi connectivity index (χ1) is 31.6. The van der Waals surface area contributed by atoms with Gasteiger partial charge in [-0.3, -0.25) is 4.98 Å². The molecule has 2 unspecified atom stereocenters. The van der Waals surface area contributed by atoms with Crippen molar-refractivity contribution in [1.82, 2.24) is 19.9 Å². The number of hydrogen-bond acceptors (Lipinski definition) is 5. The maximum Gasteiger partial charge on any atom is 0.335 e. The van der Waals surface area contributed by atoms with Crippen molar-refractivity contribution >= 4 is 69.1 Å². The molecule has 0 fully saturated rings. The van der Waals surface area contributed by atoms with Crippen molar-refractivity contribution in [3.05, 3.63) is 200 Å². The second-order valence-electron chi connectivity index (χ2n) is 16.7. The molecule has 6 heterocycles. The number of H-pyrrole nitrogens is 2. The maximum absolute atomic E-state index is 12.0. The molecule has 0 spiro atoms. The molecule has 10 heteroatoms. The van der Waals surface area contributed by atoms with Crippen molar-refractivity contribution in [2.75, 3.05) is 0 Å². The lowest BCUT2D eigenvalue weighted by Crippen LogP contribution is -2.14. The Morgan fingerprint density at radius 1 is 0.523 bits per heavy atom. The fourth-order valence-electron chi connectivity index (χ4n) is 9.19. The number of aromatic carboxylic acids is 1. The van der Waals surface area contributed by atoms with Gasteiger partial charge < -0.3 is 19.9 Å². The summed E-state index contributed by atoms with van der Waals surface area (Å²) >= 11 is 14.0. The lowest BCUT2D eigenvalue weighted by atomic mass is 9.85. The third-order valence-corrected chi connectivity index (χ3v) is 13.1. The molecular formula is C55H39Cl2N5O3. The number of fused-ring (bicyclic) bond motifs is 11. The summed E-state index contributed by atoms with van der Waals surface area (Å²) < 4.78 is 0. The second kappa shape index (κ2) is 15.9. The molecule has 11 rings (SSSR count). The molecule has 8 nitrogen and oxygen atoms in total. The van der Waals surface area contributed by atoms with Gasteiger partial charge >= 0.3 is 5.97 Å². The van der Waals surface area contributed by atoms with E-state index in [1.54, 1.807) is 12.1 Å². The highest BCUT2D eigenvalue weighted by Gasteiger charge is 2.47. The highest BCUT2D eigenvalue weighted by Crippen LogP contribution is 2.52. The summed E-state index contributed by atoms with van der Waals surface area (Å²) in [5, 5.41) is 15.6. The second-order valence-corrected chi connectivity index (χ2v) is 17.5. The lowest BCUT2D eigenvalue weighted by molar-refractivity contribution is 0.0697. The molecule has 8 aromatic rings. The normalized spacial score (nSPS) is 15.1. The fourth-order valence-corrected chi connectivity index (χ4v) is 9.78. The molecule has 3 aliphatic rings. The van der Waals surface area contributed by atoms with Crippen molar-refractivity contribution in [2.24, 2.45) is 5.16 Å². The van der Waals surface area contributed by atoms with Gasteiger partial charge in [0.05, 0.1) is 44.3 Å². The molecule has 5 aromatic carbocycles. The van der Waals surface area contributed by atoms with Crippen LogP contribution in [0.25, 0.3) is 78.7 Å². The van der Waals surface area contributed by atoms with E-state index in [1.165, 1.54) is 0 Å². The van der Waals surface area contributed by atoms with E-state index in [9.17, 15) is 9.90 Å². The van der Waals surface area contributed by atoms with Gasteiger partial charge in [-0.05, 0) is 104 Å². The SMILES string of the molecule is Cc1ccc(-c2c3nc(c(-c4ccc(C(=O)O)cc4)c4ccc([nH]4)c(-c4ccc(C)cc4)c4nc(c(-c5ccc(C)cc5)c5ccc2[nH]5)C2ON=C(c5c(Cl)cccc5Cl)C42)C=C3)cc1. The fraction of sp³-hybridized carbons (Fsp3) is 0.0909. The van der Waals surface area contributed by atoms with Crippen molar-refractivity contribution in [3.63, 3.8) is 0 Å². The summed E-state index contributed by atoms with van der Waals surface area (Å²) in [4.78, 5) is 37.4. The number of oxime groups is 1. The zero-order chi connectivity index (χ0) is 44.5. The van der Waals surface area contributed by atoms with Crippen LogP contribution in [0, 0.1) is 20.8 Å². The summed E-state index contributed by atoms with van der Waals surface area (Å²) in [6, 6.07) is 46.0. The van der Waals surface area contributed by atoms with Gasteiger partial charge in [0.2, 0.25) is 0 Å². The van der Waals surface area contributed by atoms with Crippen LogP contribution in [0.4, 0.5) is 0 Å². The van der Waals surface area contributed by atoms with E-state index in [0.29, 0.717) is 32.7 Å². The van der Waals surface area contributed by atoms with Crippen molar-refractivity contribution in [1.29, 1.82) is 0 Å².